The first-order valence-corrected chi connectivity index (χ1v) is 9.98. The summed E-state index contributed by atoms with van der Waals surface area (Å²) < 4.78 is 5.63. The number of unbranched alkanes of at least 4 members (excludes halogenated alkanes) is 1. The van der Waals surface area contributed by atoms with Gasteiger partial charge in [0.15, 0.2) is 0 Å². The van der Waals surface area contributed by atoms with Crippen molar-refractivity contribution in [3.63, 3.8) is 0 Å². The Balaban J connectivity index is 0.00000300. The molecule has 1 saturated heterocycles. The first-order valence-electron chi connectivity index (χ1n) is 9.98. The molecule has 1 unspecified atom stereocenters. The SMILES string of the molecule is CCCCOc1ccc(C(=O)Nc2ccc(N3CCC(N(C)C)C3)nc2)cc1.[HH]. The van der Waals surface area contributed by atoms with Gasteiger partial charge < -0.3 is 19.9 Å². The Morgan fingerprint density at radius 1 is 1.29 bits per heavy atom. The molecule has 1 aliphatic heterocycles. The maximum atomic E-state index is 12.4. The van der Waals surface area contributed by atoms with E-state index in [0.717, 1.165) is 43.9 Å². The van der Waals surface area contributed by atoms with Gasteiger partial charge in [-0.3, -0.25) is 4.79 Å². The molecule has 1 aliphatic rings. The van der Waals surface area contributed by atoms with Gasteiger partial charge in [-0.1, -0.05) is 13.3 Å². The molecule has 6 nitrogen and oxygen atoms in total. The summed E-state index contributed by atoms with van der Waals surface area (Å²) in [5.74, 6) is 1.59. The normalized spacial score (nSPS) is 16.4. The van der Waals surface area contributed by atoms with E-state index in [9.17, 15) is 4.79 Å². The molecule has 2 aromatic rings. The zero-order valence-corrected chi connectivity index (χ0v) is 17.0. The van der Waals surface area contributed by atoms with Crippen LogP contribution in [0, 0.1) is 0 Å². The number of hydrogen-bond acceptors (Lipinski definition) is 5. The van der Waals surface area contributed by atoms with E-state index in [1.165, 1.54) is 0 Å². The number of hydrogen-bond donors (Lipinski definition) is 1. The van der Waals surface area contributed by atoms with Gasteiger partial charge in [-0.2, -0.15) is 0 Å². The predicted molar refractivity (Wildman–Crippen MR) is 115 cm³/mol. The molecule has 6 heteroatoms. The minimum absolute atomic E-state index is 0. The quantitative estimate of drug-likeness (QED) is 0.700. The fourth-order valence-electron chi connectivity index (χ4n) is 3.26. The molecule has 1 fully saturated rings. The second-order valence-corrected chi connectivity index (χ2v) is 7.44. The first-order chi connectivity index (χ1) is 13.6. The number of nitrogens with zero attached hydrogens (tertiary/aromatic N) is 3. The smallest absolute Gasteiger partial charge is 0.255 e. The highest BCUT2D eigenvalue weighted by atomic mass is 16.5. The average molecular weight is 385 g/mol. The van der Waals surface area contributed by atoms with Crippen LogP contribution >= 0.6 is 0 Å². The molecular weight excluding hydrogens is 352 g/mol. The highest BCUT2D eigenvalue weighted by Gasteiger charge is 2.24. The van der Waals surface area contributed by atoms with Crippen molar-refractivity contribution < 1.29 is 11.0 Å². The number of rotatable bonds is 8. The van der Waals surface area contributed by atoms with E-state index in [1.54, 1.807) is 18.3 Å². The fraction of sp³-hybridized carbons (Fsp3) is 0.455. The lowest BCUT2D eigenvalue weighted by Gasteiger charge is -2.21. The Hall–Kier alpha value is -2.60. The van der Waals surface area contributed by atoms with Crippen LogP contribution in [-0.2, 0) is 0 Å². The van der Waals surface area contributed by atoms with Crippen molar-refractivity contribution in [2.75, 3.05) is 44.0 Å². The van der Waals surface area contributed by atoms with E-state index >= 15 is 0 Å². The van der Waals surface area contributed by atoms with Crippen LogP contribution in [0.5, 0.6) is 5.75 Å². The average Bonchev–Trinajstić information content (AvgIpc) is 3.20. The van der Waals surface area contributed by atoms with Crippen molar-refractivity contribution in [2.24, 2.45) is 0 Å². The van der Waals surface area contributed by atoms with E-state index in [4.69, 9.17) is 4.74 Å². The lowest BCUT2D eigenvalue weighted by atomic mass is 10.2. The highest BCUT2D eigenvalue weighted by molar-refractivity contribution is 6.04. The van der Waals surface area contributed by atoms with Gasteiger partial charge in [-0.05, 0) is 63.3 Å². The summed E-state index contributed by atoms with van der Waals surface area (Å²) in [6.45, 7) is 4.82. The molecule has 1 amide bonds. The second kappa shape index (κ2) is 9.55. The maximum Gasteiger partial charge on any atom is 0.255 e. The van der Waals surface area contributed by atoms with Crippen LogP contribution < -0.4 is 15.0 Å². The van der Waals surface area contributed by atoms with Crippen molar-refractivity contribution in [3.05, 3.63) is 48.2 Å². The Labute approximate surface area is 169 Å². The van der Waals surface area contributed by atoms with Crippen molar-refractivity contribution in [2.45, 2.75) is 32.2 Å². The standard InChI is InChI=1S/C22H30N4O2.H2/c1-4-5-14-28-20-9-6-17(7-10-20)22(27)24-18-8-11-21(23-15-18)26-13-12-19(16-26)25(2)3;/h6-11,15,19H,4-5,12-14,16H2,1-3H3,(H,24,27);1H. The summed E-state index contributed by atoms with van der Waals surface area (Å²) >= 11 is 0. The second-order valence-electron chi connectivity index (χ2n) is 7.44. The number of aromatic nitrogens is 1. The monoisotopic (exact) mass is 384 g/mol. The number of carbonyl (C=O) groups excluding carboxylic acids is 1. The van der Waals surface area contributed by atoms with Crippen LogP contribution in [0.1, 0.15) is 38.0 Å². The lowest BCUT2D eigenvalue weighted by Crippen LogP contribution is -2.31. The van der Waals surface area contributed by atoms with Crippen molar-refractivity contribution >= 4 is 17.4 Å². The summed E-state index contributed by atoms with van der Waals surface area (Å²) in [5, 5.41) is 2.91. The summed E-state index contributed by atoms with van der Waals surface area (Å²) in [6, 6.07) is 11.7. The van der Waals surface area contributed by atoms with Crippen molar-refractivity contribution in [1.82, 2.24) is 9.88 Å². The first kappa shape index (κ1) is 20.1. The van der Waals surface area contributed by atoms with Gasteiger partial charge in [0.25, 0.3) is 5.91 Å². The lowest BCUT2D eigenvalue weighted by molar-refractivity contribution is 0.102. The molecule has 3 rings (SSSR count). The Morgan fingerprint density at radius 3 is 2.68 bits per heavy atom. The predicted octanol–water partition coefficient (Wildman–Crippen LogP) is 3.90. The van der Waals surface area contributed by atoms with Gasteiger partial charge in [0.05, 0.1) is 18.5 Å². The van der Waals surface area contributed by atoms with Gasteiger partial charge in [-0.25, -0.2) is 4.98 Å². The molecule has 152 valence electrons. The molecule has 1 N–H and O–H groups in total. The minimum Gasteiger partial charge on any atom is -0.494 e. The Bertz CT molecular complexity index is 765. The number of nitrogens with one attached hydrogen (secondary N) is 1. The van der Waals surface area contributed by atoms with E-state index in [0.29, 0.717) is 23.9 Å². The van der Waals surface area contributed by atoms with E-state index < -0.39 is 0 Å². The van der Waals surface area contributed by atoms with Gasteiger partial charge in [0.1, 0.15) is 11.6 Å². The third-order valence-electron chi connectivity index (χ3n) is 5.11. The molecule has 0 aliphatic carbocycles. The highest BCUT2D eigenvalue weighted by Crippen LogP contribution is 2.22. The zero-order chi connectivity index (χ0) is 19.9. The number of carbonyl (C=O) groups is 1. The van der Waals surface area contributed by atoms with Gasteiger partial charge in [-0.15, -0.1) is 0 Å². The molecule has 0 spiro atoms. The molecule has 1 atom stereocenters. The Morgan fingerprint density at radius 2 is 2.07 bits per heavy atom. The molecule has 0 radical (unpaired) electrons. The molecule has 1 aromatic carbocycles. The van der Waals surface area contributed by atoms with E-state index in [2.05, 4.69) is 41.1 Å². The van der Waals surface area contributed by atoms with Crippen LogP contribution in [0.25, 0.3) is 0 Å². The van der Waals surface area contributed by atoms with Gasteiger partial charge >= 0.3 is 0 Å². The van der Waals surface area contributed by atoms with Crippen molar-refractivity contribution in [3.8, 4) is 5.75 Å². The molecule has 2 heterocycles. The molecular formula is C22H32N4O2. The summed E-state index contributed by atoms with van der Waals surface area (Å²) in [6.07, 6.45) is 4.99. The maximum absolute atomic E-state index is 12.4. The summed E-state index contributed by atoms with van der Waals surface area (Å²) in [4.78, 5) is 21.5. The van der Waals surface area contributed by atoms with Gasteiger partial charge in [0, 0.05) is 26.1 Å². The van der Waals surface area contributed by atoms with Crippen LogP contribution in [-0.4, -0.2) is 55.6 Å². The third-order valence-corrected chi connectivity index (χ3v) is 5.11. The summed E-state index contributed by atoms with van der Waals surface area (Å²) in [5.41, 5.74) is 1.29. The number of amides is 1. The van der Waals surface area contributed by atoms with Crippen LogP contribution in [0.15, 0.2) is 42.6 Å². The van der Waals surface area contributed by atoms with Gasteiger partial charge in [0.2, 0.25) is 0 Å². The molecule has 1 aromatic heterocycles. The third kappa shape index (κ3) is 5.23. The number of anilines is 2. The molecule has 0 saturated carbocycles. The van der Waals surface area contributed by atoms with Crippen molar-refractivity contribution in [1.29, 1.82) is 0 Å². The number of pyridine rings is 1. The van der Waals surface area contributed by atoms with E-state index in [1.807, 2.05) is 24.3 Å². The molecule has 28 heavy (non-hydrogen) atoms. The minimum atomic E-state index is -0.150. The number of benzene rings is 1. The Kier molecular flexibility index (Phi) is 6.87. The van der Waals surface area contributed by atoms with E-state index in [-0.39, 0.29) is 7.33 Å². The zero-order valence-electron chi connectivity index (χ0n) is 17.0. The largest absolute Gasteiger partial charge is 0.494 e. The topological polar surface area (TPSA) is 57.7 Å². The summed E-state index contributed by atoms with van der Waals surface area (Å²) in [7, 11) is 4.23. The van der Waals surface area contributed by atoms with Crippen LogP contribution in [0.2, 0.25) is 0 Å². The fourth-order valence-corrected chi connectivity index (χ4v) is 3.26. The molecule has 0 bridgehead atoms. The van der Waals surface area contributed by atoms with Crippen LogP contribution in [0.4, 0.5) is 11.5 Å². The van der Waals surface area contributed by atoms with Crippen LogP contribution in [0.3, 0.4) is 0 Å². The number of likely N-dealkylation sites (N-methyl/N-ethyl adjacent to an activating group) is 1. The number of ether oxygens (including phenoxy) is 1.